The Bertz CT molecular complexity index is 278. The molecule has 0 unspecified atom stereocenters. The standard InChI is InChI=1S/C9H12BrNO2/c1-12-5-6-13-8-4-2-3-7(11)9(8)10/h2-4H,5-6,11H2,1H3. The number of hydrogen-bond acceptors (Lipinski definition) is 3. The second-order valence-corrected chi connectivity index (χ2v) is 3.29. The lowest BCUT2D eigenvalue weighted by atomic mass is 10.3. The summed E-state index contributed by atoms with van der Waals surface area (Å²) in [6.07, 6.45) is 0. The highest BCUT2D eigenvalue weighted by Gasteiger charge is 2.02. The third-order valence-electron chi connectivity index (χ3n) is 1.54. The van der Waals surface area contributed by atoms with Crippen LogP contribution in [-0.2, 0) is 4.74 Å². The molecule has 0 aliphatic rings. The summed E-state index contributed by atoms with van der Waals surface area (Å²) in [5.41, 5.74) is 6.34. The predicted molar refractivity (Wildman–Crippen MR) is 55.9 cm³/mol. The minimum absolute atomic E-state index is 0.526. The highest BCUT2D eigenvalue weighted by Crippen LogP contribution is 2.29. The van der Waals surface area contributed by atoms with Crippen LogP contribution < -0.4 is 10.5 Å². The molecular weight excluding hydrogens is 234 g/mol. The van der Waals surface area contributed by atoms with E-state index in [4.69, 9.17) is 15.2 Å². The zero-order valence-corrected chi connectivity index (χ0v) is 9.00. The van der Waals surface area contributed by atoms with E-state index < -0.39 is 0 Å². The van der Waals surface area contributed by atoms with Gasteiger partial charge in [0, 0.05) is 12.8 Å². The highest BCUT2D eigenvalue weighted by molar-refractivity contribution is 9.10. The van der Waals surface area contributed by atoms with Crippen molar-refractivity contribution in [2.75, 3.05) is 26.1 Å². The summed E-state index contributed by atoms with van der Waals surface area (Å²) in [4.78, 5) is 0. The molecule has 1 aromatic rings. The van der Waals surface area contributed by atoms with Crippen molar-refractivity contribution in [1.82, 2.24) is 0 Å². The molecule has 0 radical (unpaired) electrons. The highest BCUT2D eigenvalue weighted by atomic mass is 79.9. The summed E-state index contributed by atoms with van der Waals surface area (Å²) in [5, 5.41) is 0. The maximum Gasteiger partial charge on any atom is 0.135 e. The third kappa shape index (κ3) is 2.90. The van der Waals surface area contributed by atoms with Crippen LogP contribution in [-0.4, -0.2) is 20.3 Å². The minimum atomic E-state index is 0.526. The second-order valence-electron chi connectivity index (χ2n) is 2.50. The average molecular weight is 246 g/mol. The maximum atomic E-state index is 5.67. The Balaban J connectivity index is 2.61. The number of benzene rings is 1. The van der Waals surface area contributed by atoms with E-state index in [1.165, 1.54) is 0 Å². The number of halogens is 1. The SMILES string of the molecule is COCCOc1cccc(N)c1Br. The Labute approximate surface area is 86.0 Å². The summed E-state index contributed by atoms with van der Waals surface area (Å²) >= 11 is 3.34. The molecule has 3 nitrogen and oxygen atoms in total. The Kier molecular flexibility index (Phi) is 4.05. The molecule has 0 bridgehead atoms. The molecule has 0 saturated heterocycles. The van der Waals surface area contributed by atoms with Crippen LogP contribution in [0.25, 0.3) is 0 Å². The monoisotopic (exact) mass is 245 g/mol. The van der Waals surface area contributed by atoms with Crippen molar-refractivity contribution in [3.8, 4) is 5.75 Å². The lowest BCUT2D eigenvalue weighted by Crippen LogP contribution is -2.05. The summed E-state index contributed by atoms with van der Waals surface area (Å²) in [6.45, 7) is 1.10. The number of nitrogen functional groups attached to an aromatic ring is 1. The topological polar surface area (TPSA) is 44.5 Å². The molecule has 13 heavy (non-hydrogen) atoms. The van der Waals surface area contributed by atoms with Crippen LogP contribution in [0.1, 0.15) is 0 Å². The van der Waals surface area contributed by atoms with Crippen molar-refractivity contribution in [1.29, 1.82) is 0 Å². The van der Waals surface area contributed by atoms with Gasteiger partial charge in [-0.2, -0.15) is 0 Å². The van der Waals surface area contributed by atoms with Gasteiger partial charge >= 0.3 is 0 Å². The quantitative estimate of drug-likeness (QED) is 0.653. The molecular formula is C9H12BrNO2. The summed E-state index contributed by atoms with van der Waals surface area (Å²) < 4.78 is 11.1. The van der Waals surface area contributed by atoms with Crippen LogP contribution in [0.4, 0.5) is 5.69 Å². The molecule has 0 aliphatic carbocycles. The van der Waals surface area contributed by atoms with E-state index >= 15 is 0 Å². The molecule has 72 valence electrons. The fourth-order valence-electron chi connectivity index (χ4n) is 0.874. The number of methoxy groups -OCH3 is 1. The minimum Gasteiger partial charge on any atom is -0.490 e. The number of hydrogen-bond donors (Lipinski definition) is 1. The van der Waals surface area contributed by atoms with E-state index in [9.17, 15) is 0 Å². The first-order chi connectivity index (χ1) is 6.25. The van der Waals surface area contributed by atoms with Gasteiger partial charge in [0.15, 0.2) is 0 Å². The Morgan fingerprint density at radius 2 is 2.15 bits per heavy atom. The summed E-state index contributed by atoms with van der Waals surface area (Å²) in [7, 11) is 1.64. The van der Waals surface area contributed by atoms with E-state index in [1.807, 2.05) is 18.2 Å². The first-order valence-corrected chi connectivity index (χ1v) is 4.70. The molecule has 0 heterocycles. The van der Waals surface area contributed by atoms with E-state index in [0.717, 1.165) is 10.2 Å². The number of anilines is 1. The Hall–Kier alpha value is -0.740. The molecule has 0 saturated carbocycles. The van der Waals surface area contributed by atoms with Crippen molar-refractivity contribution < 1.29 is 9.47 Å². The molecule has 4 heteroatoms. The van der Waals surface area contributed by atoms with Crippen LogP contribution in [0, 0.1) is 0 Å². The van der Waals surface area contributed by atoms with Gasteiger partial charge in [0.1, 0.15) is 12.4 Å². The van der Waals surface area contributed by atoms with E-state index in [-0.39, 0.29) is 0 Å². The van der Waals surface area contributed by atoms with Gasteiger partial charge in [0.2, 0.25) is 0 Å². The van der Waals surface area contributed by atoms with E-state index in [2.05, 4.69) is 15.9 Å². The molecule has 0 fully saturated rings. The second kappa shape index (κ2) is 5.09. The van der Waals surface area contributed by atoms with Crippen LogP contribution in [0.15, 0.2) is 22.7 Å². The van der Waals surface area contributed by atoms with Crippen molar-refractivity contribution in [2.24, 2.45) is 0 Å². The molecule has 0 amide bonds. The largest absolute Gasteiger partial charge is 0.490 e. The van der Waals surface area contributed by atoms with Gasteiger partial charge in [-0.1, -0.05) is 6.07 Å². The van der Waals surface area contributed by atoms with Crippen LogP contribution in [0.3, 0.4) is 0 Å². The first kappa shape index (κ1) is 10.3. The van der Waals surface area contributed by atoms with Gasteiger partial charge in [0.25, 0.3) is 0 Å². The van der Waals surface area contributed by atoms with Crippen molar-refractivity contribution >= 4 is 21.6 Å². The Morgan fingerprint density at radius 1 is 1.38 bits per heavy atom. The van der Waals surface area contributed by atoms with Crippen molar-refractivity contribution in [3.63, 3.8) is 0 Å². The molecule has 0 aromatic heterocycles. The average Bonchev–Trinajstić information content (AvgIpc) is 2.13. The first-order valence-electron chi connectivity index (χ1n) is 3.91. The van der Waals surface area contributed by atoms with Crippen molar-refractivity contribution in [3.05, 3.63) is 22.7 Å². The lowest BCUT2D eigenvalue weighted by molar-refractivity contribution is 0.146. The molecule has 1 rings (SSSR count). The number of ether oxygens (including phenoxy) is 2. The Morgan fingerprint density at radius 3 is 2.85 bits per heavy atom. The summed E-state index contributed by atoms with van der Waals surface area (Å²) in [6, 6.07) is 5.52. The summed E-state index contributed by atoms with van der Waals surface area (Å²) in [5.74, 6) is 0.747. The molecule has 0 aliphatic heterocycles. The van der Waals surface area contributed by atoms with Gasteiger partial charge in [-0.15, -0.1) is 0 Å². The van der Waals surface area contributed by atoms with Crippen LogP contribution in [0.2, 0.25) is 0 Å². The molecule has 0 atom stereocenters. The van der Waals surface area contributed by atoms with Gasteiger partial charge < -0.3 is 15.2 Å². The van der Waals surface area contributed by atoms with Crippen LogP contribution >= 0.6 is 15.9 Å². The molecule has 0 spiro atoms. The maximum absolute atomic E-state index is 5.67. The number of nitrogens with two attached hydrogens (primary N) is 1. The predicted octanol–water partition coefficient (Wildman–Crippen LogP) is 2.06. The van der Waals surface area contributed by atoms with E-state index in [1.54, 1.807) is 7.11 Å². The third-order valence-corrected chi connectivity index (χ3v) is 2.39. The van der Waals surface area contributed by atoms with Gasteiger partial charge in [-0.3, -0.25) is 0 Å². The van der Waals surface area contributed by atoms with Gasteiger partial charge in [-0.25, -0.2) is 0 Å². The van der Waals surface area contributed by atoms with Crippen molar-refractivity contribution in [2.45, 2.75) is 0 Å². The molecule has 2 N–H and O–H groups in total. The smallest absolute Gasteiger partial charge is 0.135 e. The number of rotatable bonds is 4. The fraction of sp³-hybridized carbons (Fsp3) is 0.333. The van der Waals surface area contributed by atoms with Crippen LogP contribution in [0.5, 0.6) is 5.75 Å². The zero-order valence-electron chi connectivity index (χ0n) is 7.42. The fourth-order valence-corrected chi connectivity index (χ4v) is 1.25. The van der Waals surface area contributed by atoms with E-state index in [0.29, 0.717) is 18.9 Å². The van der Waals surface area contributed by atoms with Gasteiger partial charge in [0.05, 0.1) is 11.1 Å². The molecule has 1 aromatic carbocycles. The normalized spacial score (nSPS) is 10.0. The lowest BCUT2D eigenvalue weighted by Gasteiger charge is -2.08. The van der Waals surface area contributed by atoms with Gasteiger partial charge in [-0.05, 0) is 28.1 Å². The zero-order chi connectivity index (χ0) is 9.68.